The molecule has 0 spiro atoms. The van der Waals surface area contributed by atoms with E-state index in [-0.39, 0.29) is 37.6 Å². The summed E-state index contributed by atoms with van der Waals surface area (Å²) in [5, 5.41) is 0. The van der Waals surface area contributed by atoms with Crippen LogP contribution in [0.25, 0.3) is 0 Å². The Hall–Kier alpha value is -1.24. The zero-order valence-corrected chi connectivity index (χ0v) is 11.0. The lowest BCUT2D eigenvalue weighted by atomic mass is 10.4. The van der Waals surface area contributed by atoms with Gasteiger partial charge in [-0.1, -0.05) is 0 Å². The average molecular weight is 298 g/mol. The van der Waals surface area contributed by atoms with Gasteiger partial charge >= 0.3 is 20.4 Å². The molecule has 0 amide bonds. The average Bonchev–Trinajstić information content (AvgIpc) is 2.12. The Balaban J connectivity index is 2.94. The van der Waals surface area contributed by atoms with Crippen LogP contribution in [0, 0.1) is 0 Å². The molecule has 12 heteroatoms. The third kappa shape index (κ3) is 5.39. The maximum atomic E-state index is 11.3. The molecule has 0 aliphatic carbocycles. The Kier molecular flexibility index (Phi) is 4.61. The molecule has 1 rings (SSSR count). The van der Waals surface area contributed by atoms with Crippen LogP contribution in [0.1, 0.15) is 12.8 Å². The van der Waals surface area contributed by atoms with Crippen molar-refractivity contribution in [3.8, 4) is 0 Å². The van der Waals surface area contributed by atoms with Crippen molar-refractivity contribution in [2.24, 2.45) is 20.3 Å². The van der Waals surface area contributed by atoms with E-state index in [2.05, 4.69) is 18.2 Å². The summed E-state index contributed by atoms with van der Waals surface area (Å²) in [6, 6.07) is 0. The van der Waals surface area contributed by atoms with E-state index in [0.717, 1.165) is 0 Å². The molecule has 0 radical (unpaired) electrons. The molecule has 6 N–H and O–H groups in total. The molecule has 0 saturated carbocycles. The van der Waals surface area contributed by atoms with Crippen molar-refractivity contribution in [2.45, 2.75) is 12.8 Å². The van der Waals surface area contributed by atoms with Gasteiger partial charge in [-0.25, -0.2) is 0 Å². The van der Waals surface area contributed by atoms with Crippen molar-refractivity contribution >= 4 is 32.1 Å². The van der Waals surface area contributed by atoms with Crippen LogP contribution >= 0.6 is 0 Å². The smallest absolute Gasteiger partial charge is 0.321 e. The van der Waals surface area contributed by atoms with E-state index in [1.165, 1.54) is 0 Å². The van der Waals surface area contributed by atoms with Gasteiger partial charge in [-0.3, -0.25) is 0 Å². The fourth-order valence-corrected chi connectivity index (χ4v) is 2.73. The number of nitrogens with two attached hydrogens (primary N) is 2. The first-order valence-electron chi connectivity index (χ1n) is 4.88. The fourth-order valence-electron chi connectivity index (χ4n) is 1.08. The lowest BCUT2D eigenvalue weighted by Crippen LogP contribution is -2.33. The summed E-state index contributed by atoms with van der Waals surface area (Å²) in [5.74, 6) is -0.412. The van der Waals surface area contributed by atoms with Gasteiger partial charge in [0.1, 0.15) is 11.7 Å². The second kappa shape index (κ2) is 5.60. The molecule has 0 saturated heterocycles. The molecular weight excluding hydrogens is 284 g/mol. The third-order valence-electron chi connectivity index (χ3n) is 1.81. The zero-order chi connectivity index (χ0) is 13.8. The van der Waals surface area contributed by atoms with Crippen molar-refractivity contribution in [2.75, 3.05) is 13.1 Å². The highest BCUT2D eigenvalue weighted by atomic mass is 32.2. The van der Waals surface area contributed by atoms with Gasteiger partial charge in [-0.05, 0) is 0 Å². The zero-order valence-electron chi connectivity index (χ0n) is 9.33. The molecule has 0 aromatic heterocycles. The lowest BCUT2D eigenvalue weighted by Gasteiger charge is -2.07. The summed E-state index contributed by atoms with van der Waals surface area (Å²) in [5.41, 5.74) is 10.7. The van der Waals surface area contributed by atoms with Gasteiger partial charge in [0.25, 0.3) is 0 Å². The number of hydrogen-bond acceptors (Lipinski definition) is 6. The summed E-state index contributed by atoms with van der Waals surface area (Å²) in [7, 11) is -7.77. The monoisotopic (exact) mass is 298 g/mol. The van der Waals surface area contributed by atoms with E-state index in [4.69, 9.17) is 11.5 Å². The fraction of sp³-hybridized carbons (Fsp3) is 0.667. The molecule has 0 fully saturated rings. The van der Waals surface area contributed by atoms with Gasteiger partial charge in [0.2, 0.25) is 0 Å². The van der Waals surface area contributed by atoms with Gasteiger partial charge in [0, 0.05) is 25.9 Å². The molecule has 0 atom stereocenters. The highest BCUT2D eigenvalue weighted by molar-refractivity contribution is 7.88. The highest BCUT2D eigenvalue weighted by Crippen LogP contribution is 1.95. The molecule has 1 aliphatic rings. The van der Waals surface area contributed by atoms with E-state index in [0.29, 0.717) is 0 Å². The normalized spacial score (nSPS) is 25.1. The molecule has 0 unspecified atom stereocenters. The molecule has 104 valence electrons. The van der Waals surface area contributed by atoms with Crippen molar-refractivity contribution in [1.29, 1.82) is 0 Å². The summed E-state index contributed by atoms with van der Waals surface area (Å²) in [6.45, 7) is -0.242. The standard InChI is InChI=1S/C6H14N6O4S2/c7-5-1-3-9-17(13,14)12-6(8)2-4-10-18(15,16)11-5/h9-10H,1-4H2,(H2,7,11)(H2,8,12). The number of amidine groups is 2. The number of hydrogen-bond donors (Lipinski definition) is 4. The third-order valence-corrected chi connectivity index (χ3v) is 3.89. The minimum absolute atomic E-state index is 0.0600. The summed E-state index contributed by atoms with van der Waals surface area (Å²) in [6.07, 6.45) is -0.120. The van der Waals surface area contributed by atoms with E-state index in [1.807, 2.05) is 0 Å². The first-order valence-corrected chi connectivity index (χ1v) is 7.76. The Morgan fingerprint density at radius 2 is 1.17 bits per heavy atom. The van der Waals surface area contributed by atoms with Crippen LogP contribution in [0.4, 0.5) is 0 Å². The topological polar surface area (TPSA) is 169 Å². The molecule has 10 nitrogen and oxygen atoms in total. The predicted molar refractivity (Wildman–Crippen MR) is 66.3 cm³/mol. The van der Waals surface area contributed by atoms with E-state index in [1.54, 1.807) is 0 Å². The highest BCUT2D eigenvalue weighted by Gasteiger charge is 2.13. The van der Waals surface area contributed by atoms with Crippen LogP contribution in [0.15, 0.2) is 8.80 Å². The minimum atomic E-state index is -3.89. The quantitative estimate of drug-likeness (QED) is 0.375. The Morgan fingerprint density at radius 1 is 0.833 bits per heavy atom. The second-order valence-corrected chi connectivity index (χ2v) is 6.25. The first kappa shape index (κ1) is 14.8. The van der Waals surface area contributed by atoms with Crippen molar-refractivity contribution in [1.82, 2.24) is 9.44 Å². The number of nitrogens with one attached hydrogen (secondary N) is 2. The van der Waals surface area contributed by atoms with Crippen LogP contribution in [-0.2, 0) is 20.4 Å². The molecule has 1 heterocycles. The van der Waals surface area contributed by atoms with Gasteiger partial charge < -0.3 is 11.5 Å². The SMILES string of the molecule is NC1=NS(=O)(=O)NCCC(N)=NS(=O)(=O)NCC1. The maximum Gasteiger partial charge on any atom is 0.321 e. The summed E-state index contributed by atoms with van der Waals surface area (Å²) in [4.78, 5) is 0. The molecule has 0 bridgehead atoms. The molecule has 0 aromatic carbocycles. The van der Waals surface area contributed by atoms with Crippen LogP contribution in [0.3, 0.4) is 0 Å². The Morgan fingerprint density at radius 3 is 1.50 bits per heavy atom. The van der Waals surface area contributed by atoms with Crippen LogP contribution in [0.5, 0.6) is 0 Å². The second-order valence-electron chi connectivity index (χ2n) is 3.40. The van der Waals surface area contributed by atoms with Crippen LogP contribution < -0.4 is 20.9 Å². The van der Waals surface area contributed by atoms with Gasteiger partial charge in [0.15, 0.2) is 0 Å². The van der Waals surface area contributed by atoms with Crippen molar-refractivity contribution in [3.63, 3.8) is 0 Å². The predicted octanol–water partition coefficient (Wildman–Crippen LogP) is -2.84. The minimum Gasteiger partial charge on any atom is -0.386 e. The Labute approximate surface area is 105 Å². The first-order chi connectivity index (χ1) is 8.20. The van der Waals surface area contributed by atoms with E-state index in [9.17, 15) is 16.8 Å². The lowest BCUT2D eigenvalue weighted by molar-refractivity contribution is 0.583. The van der Waals surface area contributed by atoms with Crippen molar-refractivity contribution in [3.05, 3.63) is 0 Å². The largest absolute Gasteiger partial charge is 0.386 e. The maximum absolute atomic E-state index is 11.3. The molecular formula is C6H14N6O4S2. The summed E-state index contributed by atoms with van der Waals surface area (Å²) >= 11 is 0. The van der Waals surface area contributed by atoms with Crippen molar-refractivity contribution < 1.29 is 16.8 Å². The van der Waals surface area contributed by atoms with Crippen LogP contribution in [-0.4, -0.2) is 41.6 Å². The molecule has 0 aromatic rings. The molecule has 18 heavy (non-hydrogen) atoms. The van der Waals surface area contributed by atoms with E-state index < -0.39 is 20.4 Å². The summed E-state index contributed by atoms with van der Waals surface area (Å²) < 4.78 is 56.0. The van der Waals surface area contributed by atoms with Gasteiger partial charge in [-0.15, -0.1) is 8.80 Å². The Bertz CT molecular complexity index is 511. The molecule has 1 aliphatic heterocycles. The van der Waals surface area contributed by atoms with Crippen LogP contribution in [0.2, 0.25) is 0 Å². The van der Waals surface area contributed by atoms with E-state index >= 15 is 0 Å². The number of rotatable bonds is 0. The van der Waals surface area contributed by atoms with Gasteiger partial charge in [0.05, 0.1) is 0 Å². The van der Waals surface area contributed by atoms with Gasteiger partial charge in [-0.2, -0.15) is 26.3 Å². The number of nitrogens with zero attached hydrogens (tertiary/aromatic N) is 2.